The van der Waals surface area contributed by atoms with Crippen LogP contribution in [0.3, 0.4) is 0 Å². The van der Waals surface area contributed by atoms with E-state index in [0.717, 1.165) is 4.90 Å². The van der Waals surface area contributed by atoms with Crippen LogP contribution >= 0.6 is 0 Å². The molecule has 23 nitrogen and oxygen atoms in total. The molecule has 1 aromatic carbocycles. The first-order valence-electron chi connectivity index (χ1n) is 33.6. The lowest BCUT2D eigenvalue weighted by molar-refractivity contribution is -0.157. The molecule has 13 atom stereocenters. The van der Waals surface area contributed by atoms with Gasteiger partial charge in [-0.3, -0.25) is 52.7 Å². The van der Waals surface area contributed by atoms with E-state index >= 15 is 28.8 Å². The maximum Gasteiger partial charge on any atom is 0.246 e. The molecule has 1 fully saturated rings. The molecule has 23 heteroatoms. The Morgan fingerprint density at radius 1 is 0.419 bits per heavy atom. The Hall–Kier alpha value is -6.91. The number of aliphatic hydroxyl groups is 1. The third kappa shape index (κ3) is 22.9. The largest absolute Gasteiger partial charge is 0.390 e. The van der Waals surface area contributed by atoms with Gasteiger partial charge in [-0.2, -0.15) is 0 Å². The highest BCUT2D eigenvalue weighted by molar-refractivity contribution is 6.00. The van der Waals surface area contributed by atoms with Gasteiger partial charge in [-0.05, 0) is 106 Å². The van der Waals surface area contributed by atoms with E-state index in [-0.39, 0.29) is 62.2 Å². The van der Waals surface area contributed by atoms with E-state index in [1.165, 1.54) is 92.6 Å². The number of benzene rings is 1. The number of carbonyl (C=O) groups excluding carboxylic acids is 11. The zero-order valence-corrected chi connectivity index (χ0v) is 60.7. The summed E-state index contributed by atoms with van der Waals surface area (Å²) in [5, 5.41) is 23.5. The molecule has 0 spiro atoms. The summed E-state index contributed by atoms with van der Waals surface area (Å²) < 4.78 is 0. The number of aliphatic hydroxyl groups excluding tert-OH is 1. The van der Waals surface area contributed by atoms with Crippen molar-refractivity contribution in [3.63, 3.8) is 0 Å². The molecule has 5 N–H and O–H groups in total. The molecule has 1 saturated heterocycles. The average molecular weight is 1310 g/mol. The summed E-state index contributed by atoms with van der Waals surface area (Å²) in [5.74, 6) is -9.89. The fourth-order valence-corrected chi connectivity index (χ4v) is 12.0. The van der Waals surface area contributed by atoms with Gasteiger partial charge in [0.2, 0.25) is 65.0 Å². The van der Waals surface area contributed by atoms with Crippen LogP contribution in [-0.4, -0.2) is 226 Å². The van der Waals surface area contributed by atoms with Crippen LogP contribution in [0.2, 0.25) is 0 Å². The van der Waals surface area contributed by atoms with Gasteiger partial charge in [0.25, 0.3) is 0 Å². The maximum absolute atomic E-state index is 15.4. The fourth-order valence-electron chi connectivity index (χ4n) is 12.0. The second kappa shape index (κ2) is 37.8. The molecule has 11 amide bonds. The second-order valence-electron chi connectivity index (χ2n) is 28.3. The Morgan fingerprint density at radius 2 is 0.828 bits per heavy atom. The zero-order chi connectivity index (χ0) is 71.4. The van der Waals surface area contributed by atoms with Crippen molar-refractivity contribution in [2.75, 3.05) is 49.3 Å². The van der Waals surface area contributed by atoms with E-state index in [4.69, 9.17) is 0 Å². The summed E-state index contributed by atoms with van der Waals surface area (Å²) in [7, 11) is 10.1. The van der Waals surface area contributed by atoms with Gasteiger partial charge in [0, 0.05) is 55.8 Å². The summed E-state index contributed by atoms with van der Waals surface area (Å²) in [6.45, 7) is 30.2. The van der Waals surface area contributed by atoms with Gasteiger partial charge >= 0.3 is 0 Å². The minimum atomic E-state index is -1.64. The van der Waals surface area contributed by atoms with Crippen LogP contribution in [0.25, 0.3) is 0 Å². The Labute approximate surface area is 556 Å². The number of hydrogen-bond acceptors (Lipinski definition) is 12. The van der Waals surface area contributed by atoms with Gasteiger partial charge in [-0.15, -0.1) is 0 Å². The molecule has 0 bridgehead atoms. The fraction of sp³-hybridized carbons (Fsp3) is 0.729. The van der Waals surface area contributed by atoms with Crippen LogP contribution in [0.4, 0.5) is 0 Å². The number of nitrogens with one attached hydrogen (secondary N) is 4. The van der Waals surface area contributed by atoms with Gasteiger partial charge in [0.1, 0.15) is 66.5 Å². The summed E-state index contributed by atoms with van der Waals surface area (Å²) in [6, 6.07) is -4.91. The number of rotatable bonds is 18. The lowest BCUT2D eigenvalue weighted by Crippen LogP contribution is -2.64. The minimum Gasteiger partial charge on any atom is -0.390 e. The Balaban J connectivity index is 3.13. The molecular formula is C70H119N11O12. The van der Waals surface area contributed by atoms with Crippen LogP contribution in [0.5, 0.6) is 0 Å². The van der Waals surface area contributed by atoms with Gasteiger partial charge in [0.15, 0.2) is 0 Å². The molecule has 1 aliphatic rings. The normalized spacial score (nSPS) is 26.4. The molecule has 1 heterocycles. The first kappa shape index (κ1) is 82.2. The topological polar surface area (TPSA) is 279 Å². The molecule has 0 aliphatic carbocycles. The van der Waals surface area contributed by atoms with Crippen molar-refractivity contribution in [3.8, 4) is 0 Å². The molecule has 0 saturated carbocycles. The third-order valence-electron chi connectivity index (χ3n) is 17.8. The highest BCUT2D eigenvalue weighted by Crippen LogP contribution is 2.26. The molecule has 93 heavy (non-hydrogen) atoms. The lowest BCUT2D eigenvalue weighted by atomic mass is 9.91. The van der Waals surface area contributed by atoms with E-state index in [9.17, 15) is 29.1 Å². The number of hydrogen-bond donors (Lipinski definition) is 5. The highest BCUT2D eigenvalue weighted by atomic mass is 16.3. The van der Waals surface area contributed by atoms with Gasteiger partial charge in [-0.25, -0.2) is 0 Å². The van der Waals surface area contributed by atoms with E-state index < -0.39 is 155 Å². The molecule has 0 aromatic heterocycles. The van der Waals surface area contributed by atoms with Crippen LogP contribution in [0.1, 0.15) is 168 Å². The number of amides is 11. The number of likely N-dealkylation sites (N-methyl/N-ethyl adjacent to an activating group) is 7. The van der Waals surface area contributed by atoms with E-state index in [1.54, 1.807) is 71.9 Å². The molecule has 526 valence electrons. The van der Waals surface area contributed by atoms with Crippen LogP contribution in [0, 0.1) is 41.4 Å². The lowest BCUT2D eigenvalue weighted by Gasteiger charge is -2.41. The molecule has 1 aromatic rings. The average Bonchev–Trinajstić information content (AvgIpc) is 0.833. The Bertz CT molecular complexity index is 2700. The Kier molecular flexibility index (Phi) is 33.4. The molecule has 0 unspecified atom stereocenters. The monoisotopic (exact) mass is 1310 g/mol. The minimum absolute atomic E-state index is 0.00617. The summed E-state index contributed by atoms with van der Waals surface area (Å²) in [5.41, 5.74) is 0.673. The Morgan fingerprint density at radius 3 is 1.29 bits per heavy atom. The molecular weight excluding hydrogens is 1190 g/mol. The van der Waals surface area contributed by atoms with Gasteiger partial charge in [-0.1, -0.05) is 146 Å². The highest BCUT2D eigenvalue weighted by Gasteiger charge is 2.46. The van der Waals surface area contributed by atoms with Crippen molar-refractivity contribution < 1.29 is 57.8 Å². The number of carbonyl (C=O) groups is 11. The molecule has 1 aliphatic heterocycles. The van der Waals surface area contributed by atoms with E-state index in [1.807, 2.05) is 74.5 Å². The molecule has 0 radical (unpaired) electrons. The smallest absolute Gasteiger partial charge is 0.246 e. The van der Waals surface area contributed by atoms with E-state index in [2.05, 4.69) is 21.3 Å². The predicted molar refractivity (Wildman–Crippen MR) is 362 cm³/mol. The van der Waals surface area contributed by atoms with Crippen molar-refractivity contribution in [1.82, 2.24) is 55.6 Å². The van der Waals surface area contributed by atoms with Gasteiger partial charge < -0.3 is 60.7 Å². The van der Waals surface area contributed by atoms with Gasteiger partial charge in [0.05, 0.1) is 6.10 Å². The quantitative estimate of drug-likeness (QED) is 0.118. The number of allylic oxidation sites excluding steroid dienone is 2. The SMILES string of the molecule is CC/C=C/C[C@@H](C)[C@@H](O)[C@H]1C(=O)N[C@@H](CC)C(=O)N(C)[C@@H](Cc2ccccc2)C(=O)N(C)[C@H](CC(C)C)C(=O)N[C@H](C(C)C)C(=O)N(C)[C@H](CC(C)C)C(=O)N[C@@H](C)C(=O)N[C@H](C)C(=O)N(C)[C@@H](CC(C)C)C(=O)N(C)[C@@H](CC(C)C)C(=O)N(C)[C@@H](C(C)C)C(=O)N1C. The first-order chi connectivity index (χ1) is 43.2. The standard InChI is InChI=1S/C70H119N11O12/c1-25-27-29-32-46(15)59(82)58-63(86)73-50(26-2)65(88)78(21)55(39-49-33-30-28-31-34-49)67(90)75(18)52(36-41(5)6)62(85)74-56(44(11)12)69(92)76(19)51(35-40(3)4)61(84)71-47(16)60(83)72-48(17)64(87)77(20)53(37-42(7)8)66(89)79(22)54(38-43(9)10)68(91)80(23)57(45(13)14)70(93)81(58)24/h27-31,33-34,40-48,50-59,82H,25-26,32,35-39H2,1-24H3,(H,71,84)(H,72,83)(H,73,86)(H,74,85)/b29-27+/t46-,47+,48-,50+,51-,52-,53+,54+,55+,56-,57+,58+,59-/m1/s1. The summed E-state index contributed by atoms with van der Waals surface area (Å²) in [4.78, 5) is 173. The first-order valence-corrected chi connectivity index (χ1v) is 33.6. The van der Waals surface area contributed by atoms with Crippen LogP contribution < -0.4 is 21.3 Å². The summed E-state index contributed by atoms with van der Waals surface area (Å²) >= 11 is 0. The van der Waals surface area contributed by atoms with Crippen molar-refractivity contribution in [3.05, 3.63) is 48.0 Å². The van der Waals surface area contributed by atoms with Crippen molar-refractivity contribution in [2.45, 2.75) is 242 Å². The van der Waals surface area contributed by atoms with Crippen molar-refractivity contribution in [2.24, 2.45) is 41.4 Å². The maximum atomic E-state index is 15.4. The van der Waals surface area contributed by atoms with Crippen LogP contribution in [-0.2, 0) is 59.2 Å². The summed E-state index contributed by atoms with van der Waals surface area (Å²) in [6.07, 6.45) is 3.80. The zero-order valence-electron chi connectivity index (χ0n) is 60.7. The number of nitrogens with zero attached hydrogens (tertiary/aromatic N) is 7. The predicted octanol–water partition coefficient (Wildman–Crippen LogP) is 5.27. The third-order valence-corrected chi connectivity index (χ3v) is 17.8. The van der Waals surface area contributed by atoms with Crippen molar-refractivity contribution >= 4 is 65.0 Å². The van der Waals surface area contributed by atoms with Crippen LogP contribution in [0.15, 0.2) is 42.5 Å². The molecule has 2 rings (SSSR count). The van der Waals surface area contributed by atoms with E-state index in [0.29, 0.717) is 18.4 Å². The van der Waals surface area contributed by atoms with Crippen molar-refractivity contribution in [1.29, 1.82) is 0 Å². The second-order valence-corrected chi connectivity index (χ2v) is 28.3.